The molecule has 19 heavy (non-hydrogen) atoms. The molecule has 0 N–H and O–H groups in total. The van der Waals surface area contributed by atoms with Gasteiger partial charge in [0.05, 0.1) is 11.1 Å². The van der Waals surface area contributed by atoms with Gasteiger partial charge in [0.15, 0.2) is 5.82 Å². The van der Waals surface area contributed by atoms with Crippen LogP contribution in [0.15, 0.2) is 48.7 Å². The molecule has 0 unspecified atom stereocenters. The Kier molecular flexibility index (Phi) is 2.95. The Morgan fingerprint density at radius 1 is 1.05 bits per heavy atom. The molecule has 0 spiro atoms. The highest BCUT2D eigenvalue weighted by Gasteiger charge is 2.09. The second-order valence-corrected chi connectivity index (χ2v) is 4.38. The Morgan fingerprint density at radius 2 is 1.89 bits per heavy atom. The highest BCUT2D eigenvalue weighted by atomic mass is 19.1. The minimum Gasteiger partial charge on any atom is -0.236 e. The minimum absolute atomic E-state index is 0.296. The lowest BCUT2D eigenvalue weighted by molar-refractivity contribution is 0.630. The van der Waals surface area contributed by atoms with Gasteiger partial charge < -0.3 is 0 Å². The molecule has 0 aliphatic carbocycles. The van der Waals surface area contributed by atoms with E-state index in [0.29, 0.717) is 11.4 Å². The second-order valence-electron chi connectivity index (χ2n) is 4.38. The normalized spacial score (nSPS) is 10.8. The van der Waals surface area contributed by atoms with Crippen molar-refractivity contribution >= 4 is 10.9 Å². The number of hydrogen-bond acceptors (Lipinski definition) is 2. The summed E-state index contributed by atoms with van der Waals surface area (Å²) in [5.74, 6) is 0.141. The van der Waals surface area contributed by atoms with E-state index in [4.69, 9.17) is 0 Å². The third kappa shape index (κ3) is 2.08. The molecule has 3 heteroatoms. The van der Waals surface area contributed by atoms with E-state index in [1.165, 1.54) is 6.07 Å². The highest BCUT2D eigenvalue weighted by Crippen LogP contribution is 2.23. The maximum Gasteiger partial charge on any atom is 0.162 e. The largest absolute Gasteiger partial charge is 0.236 e. The monoisotopic (exact) mass is 252 g/mol. The summed E-state index contributed by atoms with van der Waals surface area (Å²) in [6, 6.07) is 12.6. The zero-order valence-electron chi connectivity index (χ0n) is 10.6. The Balaban J connectivity index is 2.24. The average Bonchev–Trinajstić information content (AvgIpc) is 2.46. The van der Waals surface area contributed by atoms with Crippen molar-refractivity contribution < 1.29 is 4.39 Å². The maximum absolute atomic E-state index is 13.8. The van der Waals surface area contributed by atoms with Crippen molar-refractivity contribution in [1.82, 2.24) is 9.97 Å². The first-order valence-corrected chi connectivity index (χ1v) is 6.29. The standard InChI is InChI=1S/C16H13FN2/c1-2-11-6-5-7-12-10-18-16(19-15(11)12)13-8-3-4-9-14(13)17/h3-10H,2H2,1H3. The molecule has 0 saturated carbocycles. The van der Waals surface area contributed by atoms with E-state index in [9.17, 15) is 4.39 Å². The van der Waals surface area contributed by atoms with Gasteiger partial charge in [-0.25, -0.2) is 14.4 Å². The van der Waals surface area contributed by atoms with Crippen molar-refractivity contribution in [2.45, 2.75) is 13.3 Å². The summed E-state index contributed by atoms with van der Waals surface area (Å²) in [6.07, 6.45) is 2.65. The summed E-state index contributed by atoms with van der Waals surface area (Å²) in [5, 5.41) is 0.986. The molecule has 1 heterocycles. The Bertz CT molecular complexity index is 738. The number of rotatable bonds is 2. The summed E-state index contributed by atoms with van der Waals surface area (Å²) < 4.78 is 13.8. The Labute approximate surface area is 111 Å². The van der Waals surface area contributed by atoms with Crippen LogP contribution in [-0.4, -0.2) is 9.97 Å². The van der Waals surface area contributed by atoms with E-state index in [-0.39, 0.29) is 5.82 Å². The van der Waals surface area contributed by atoms with Crippen LogP contribution in [0, 0.1) is 5.82 Å². The first-order valence-electron chi connectivity index (χ1n) is 6.29. The zero-order valence-corrected chi connectivity index (χ0v) is 10.6. The predicted molar refractivity (Wildman–Crippen MR) is 74.3 cm³/mol. The highest BCUT2D eigenvalue weighted by molar-refractivity contribution is 5.82. The number of benzene rings is 2. The van der Waals surface area contributed by atoms with Crippen molar-refractivity contribution in [3.05, 3.63) is 60.0 Å². The van der Waals surface area contributed by atoms with Crippen LogP contribution in [0.1, 0.15) is 12.5 Å². The molecule has 0 fully saturated rings. The minimum atomic E-state index is -0.296. The van der Waals surface area contributed by atoms with E-state index in [2.05, 4.69) is 16.9 Å². The third-order valence-electron chi connectivity index (χ3n) is 3.19. The van der Waals surface area contributed by atoms with Crippen LogP contribution in [0.3, 0.4) is 0 Å². The van der Waals surface area contributed by atoms with Gasteiger partial charge >= 0.3 is 0 Å². The summed E-state index contributed by atoms with van der Waals surface area (Å²) in [4.78, 5) is 8.79. The first kappa shape index (κ1) is 11.8. The van der Waals surface area contributed by atoms with Crippen molar-refractivity contribution in [3.63, 3.8) is 0 Å². The smallest absolute Gasteiger partial charge is 0.162 e. The van der Waals surface area contributed by atoms with Crippen molar-refractivity contribution in [1.29, 1.82) is 0 Å². The van der Waals surface area contributed by atoms with Gasteiger partial charge in [0.25, 0.3) is 0 Å². The molecule has 94 valence electrons. The molecule has 2 nitrogen and oxygen atoms in total. The fraction of sp³-hybridized carbons (Fsp3) is 0.125. The number of para-hydroxylation sites is 1. The second kappa shape index (κ2) is 4.76. The number of hydrogen-bond donors (Lipinski definition) is 0. The maximum atomic E-state index is 13.8. The Morgan fingerprint density at radius 3 is 2.68 bits per heavy atom. The van der Waals surface area contributed by atoms with Crippen LogP contribution in [0.5, 0.6) is 0 Å². The SMILES string of the molecule is CCc1cccc2cnc(-c3ccccc3F)nc12. The molecule has 0 radical (unpaired) electrons. The molecule has 0 atom stereocenters. The fourth-order valence-corrected chi connectivity index (χ4v) is 2.17. The lowest BCUT2D eigenvalue weighted by Crippen LogP contribution is -1.95. The van der Waals surface area contributed by atoms with E-state index in [1.807, 2.05) is 18.2 Å². The van der Waals surface area contributed by atoms with Gasteiger partial charge in [-0.1, -0.05) is 37.3 Å². The first-order chi connectivity index (χ1) is 9.29. The zero-order chi connectivity index (χ0) is 13.2. The lowest BCUT2D eigenvalue weighted by Gasteiger charge is -2.06. The molecule has 0 aliphatic heterocycles. The summed E-state index contributed by atoms with van der Waals surface area (Å²) in [5.41, 5.74) is 2.49. The van der Waals surface area contributed by atoms with Crippen LogP contribution in [0.2, 0.25) is 0 Å². The van der Waals surface area contributed by atoms with E-state index >= 15 is 0 Å². The summed E-state index contributed by atoms with van der Waals surface area (Å²) >= 11 is 0. The molecule has 1 aromatic heterocycles. The van der Waals surface area contributed by atoms with Gasteiger partial charge in [0.1, 0.15) is 5.82 Å². The van der Waals surface area contributed by atoms with E-state index in [1.54, 1.807) is 24.4 Å². The van der Waals surface area contributed by atoms with Gasteiger partial charge in [0.2, 0.25) is 0 Å². The predicted octanol–water partition coefficient (Wildman–Crippen LogP) is 4.00. The molecule has 0 aliphatic rings. The van der Waals surface area contributed by atoms with Gasteiger partial charge in [-0.15, -0.1) is 0 Å². The molecular formula is C16H13FN2. The fourth-order valence-electron chi connectivity index (χ4n) is 2.17. The summed E-state index contributed by atoms with van der Waals surface area (Å²) in [7, 11) is 0. The van der Waals surface area contributed by atoms with Crippen molar-refractivity contribution in [3.8, 4) is 11.4 Å². The third-order valence-corrected chi connectivity index (χ3v) is 3.19. The van der Waals surface area contributed by atoms with Crippen molar-refractivity contribution in [2.24, 2.45) is 0 Å². The molecule has 0 bridgehead atoms. The van der Waals surface area contributed by atoms with Gasteiger partial charge in [-0.2, -0.15) is 0 Å². The van der Waals surface area contributed by atoms with Crippen molar-refractivity contribution in [2.75, 3.05) is 0 Å². The van der Waals surface area contributed by atoms with Gasteiger partial charge in [-0.3, -0.25) is 0 Å². The van der Waals surface area contributed by atoms with E-state index < -0.39 is 0 Å². The van der Waals surface area contributed by atoms with Gasteiger partial charge in [-0.05, 0) is 24.1 Å². The molecule has 2 aromatic carbocycles. The molecule has 0 saturated heterocycles. The quantitative estimate of drug-likeness (QED) is 0.689. The number of nitrogens with zero attached hydrogens (tertiary/aromatic N) is 2. The molecule has 3 rings (SSSR count). The number of aromatic nitrogens is 2. The van der Waals surface area contributed by atoms with Crippen LogP contribution in [-0.2, 0) is 6.42 Å². The average molecular weight is 252 g/mol. The lowest BCUT2D eigenvalue weighted by atomic mass is 10.1. The number of aryl methyl sites for hydroxylation is 1. The summed E-state index contributed by atoms with van der Waals surface area (Å²) in [6.45, 7) is 2.08. The van der Waals surface area contributed by atoms with Crippen LogP contribution in [0.4, 0.5) is 4.39 Å². The van der Waals surface area contributed by atoms with Gasteiger partial charge in [0, 0.05) is 11.6 Å². The molecule has 3 aromatic rings. The van der Waals surface area contributed by atoms with Crippen LogP contribution < -0.4 is 0 Å². The Hall–Kier alpha value is -2.29. The number of fused-ring (bicyclic) bond motifs is 1. The molecule has 0 amide bonds. The van der Waals surface area contributed by atoms with Crippen LogP contribution in [0.25, 0.3) is 22.3 Å². The topological polar surface area (TPSA) is 25.8 Å². The number of halogens is 1. The van der Waals surface area contributed by atoms with E-state index in [0.717, 1.165) is 22.9 Å². The molecular weight excluding hydrogens is 239 g/mol. The van der Waals surface area contributed by atoms with Crippen LogP contribution >= 0.6 is 0 Å².